The van der Waals surface area contributed by atoms with Crippen LogP contribution in [0.25, 0.3) is 22.2 Å². The third-order valence-electron chi connectivity index (χ3n) is 6.62. The number of hydrogen-bond donors (Lipinski definition) is 1. The molecule has 0 aliphatic carbocycles. The van der Waals surface area contributed by atoms with Crippen molar-refractivity contribution < 1.29 is 28.6 Å². The van der Waals surface area contributed by atoms with Gasteiger partial charge >= 0.3 is 11.9 Å². The Morgan fingerprint density at radius 2 is 1.48 bits per heavy atom. The molecule has 0 fully saturated rings. The minimum absolute atomic E-state index is 0.231. The van der Waals surface area contributed by atoms with Crippen molar-refractivity contribution in [2.45, 2.75) is 20.5 Å². The van der Waals surface area contributed by atoms with E-state index < -0.39 is 24.5 Å². The second-order valence-electron chi connectivity index (χ2n) is 10.6. The number of pyridine rings is 1. The van der Waals surface area contributed by atoms with E-state index in [-0.39, 0.29) is 5.92 Å². The molecular formula is C36H32N2O6. The van der Waals surface area contributed by atoms with Gasteiger partial charge in [-0.3, -0.25) is 4.79 Å². The summed E-state index contributed by atoms with van der Waals surface area (Å²) in [5, 5.41) is 3.29. The molecule has 0 saturated heterocycles. The number of carbonyl (C=O) groups is 3. The number of aromatic nitrogens is 1. The standard InChI is InChI=1S/C36H32N2O6/c1-24(2)21-43-35(40)27-12-16-28(17-13-27)37-34(39)23-44-36(41)31-20-33(38-32-11-7-6-10-30(31)32)26-14-18-29(19-15-26)42-22-25-8-4-3-5-9-25/h3-20,24H,21-23H2,1-2H3,(H,37,39). The quantitative estimate of drug-likeness (QED) is 0.164. The first-order valence-electron chi connectivity index (χ1n) is 14.3. The van der Waals surface area contributed by atoms with Crippen LogP contribution in [0.2, 0.25) is 0 Å². The predicted molar refractivity (Wildman–Crippen MR) is 168 cm³/mol. The summed E-state index contributed by atoms with van der Waals surface area (Å²) >= 11 is 0. The van der Waals surface area contributed by atoms with Gasteiger partial charge in [-0.2, -0.15) is 0 Å². The number of carbonyl (C=O) groups excluding carboxylic acids is 3. The number of anilines is 1. The Morgan fingerprint density at radius 1 is 0.773 bits per heavy atom. The number of fused-ring (bicyclic) bond motifs is 1. The zero-order valence-corrected chi connectivity index (χ0v) is 24.5. The molecule has 44 heavy (non-hydrogen) atoms. The summed E-state index contributed by atoms with van der Waals surface area (Å²) in [6, 6.07) is 32.6. The maximum Gasteiger partial charge on any atom is 0.339 e. The van der Waals surface area contributed by atoms with E-state index in [0.29, 0.717) is 52.4 Å². The van der Waals surface area contributed by atoms with Crippen LogP contribution in [0.5, 0.6) is 5.75 Å². The lowest BCUT2D eigenvalue weighted by Gasteiger charge is -2.11. The molecule has 8 heteroatoms. The van der Waals surface area contributed by atoms with E-state index in [1.165, 1.54) is 0 Å². The van der Waals surface area contributed by atoms with Crippen LogP contribution in [-0.4, -0.2) is 36.0 Å². The number of nitrogens with zero attached hydrogens (tertiary/aromatic N) is 1. The minimum Gasteiger partial charge on any atom is -0.489 e. The third-order valence-corrected chi connectivity index (χ3v) is 6.62. The number of ether oxygens (including phenoxy) is 3. The Kier molecular flexibility index (Phi) is 9.61. The summed E-state index contributed by atoms with van der Waals surface area (Å²) < 4.78 is 16.5. The third kappa shape index (κ3) is 7.86. The van der Waals surface area contributed by atoms with E-state index in [2.05, 4.69) is 5.32 Å². The van der Waals surface area contributed by atoms with Crippen molar-refractivity contribution in [3.8, 4) is 17.0 Å². The van der Waals surface area contributed by atoms with Gasteiger partial charge in [-0.1, -0.05) is 62.4 Å². The highest BCUT2D eigenvalue weighted by atomic mass is 16.5. The molecule has 222 valence electrons. The molecule has 5 aromatic rings. The zero-order valence-electron chi connectivity index (χ0n) is 24.5. The maximum absolute atomic E-state index is 13.2. The van der Waals surface area contributed by atoms with Crippen LogP contribution >= 0.6 is 0 Å². The van der Waals surface area contributed by atoms with Crippen LogP contribution < -0.4 is 10.1 Å². The smallest absolute Gasteiger partial charge is 0.339 e. The van der Waals surface area contributed by atoms with Gasteiger partial charge in [-0.25, -0.2) is 14.6 Å². The normalized spacial score (nSPS) is 10.8. The van der Waals surface area contributed by atoms with Gasteiger partial charge in [0.2, 0.25) is 0 Å². The number of esters is 2. The van der Waals surface area contributed by atoms with Crippen LogP contribution in [0, 0.1) is 5.92 Å². The Labute approximate surface area is 255 Å². The first-order valence-corrected chi connectivity index (χ1v) is 14.3. The van der Waals surface area contributed by atoms with Gasteiger partial charge in [0.15, 0.2) is 6.61 Å². The van der Waals surface area contributed by atoms with Gasteiger partial charge < -0.3 is 19.5 Å². The average molecular weight is 589 g/mol. The number of hydrogen-bond acceptors (Lipinski definition) is 7. The Morgan fingerprint density at radius 3 is 2.20 bits per heavy atom. The summed E-state index contributed by atoms with van der Waals surface area (Å²) in [6.45, 7) is 4.20. The number of rotatable bonds is 11. The number of benzene rings is 4. The highest BCUT2D eigenvalue weighted by molar-refractivity contribution is 6.05. The van der Waals surface area contributed by atoms with Gasteiger partial charge in [0.05, 0.1) is 28.9 Å². The van der Waals surface area contributed by atoms with Crippen molar-refractivity contribution in [3.63, 3.8) is 0 Å². The number of nitrogens with one attached hydrogen (secondary N) is 1. The molecular weight excluding hydrogens is 556 g/mol. The molecule has 0 unspecified atom stereocenters. The first kappa shape index (κ1) is 30.0. The maximum atomic E-state index is 13.2. The van der Waals surface area contributed by atoms with E-state index in [9.17, 15) is 14.4 Å². The molecule has 0 saturated carbocycles. The fraction of sp³-hybridized carbons (Fsp3) is 0.167. The first-order chi connectivity index (χ1) is 21.4. The largest absolute Gasteiger partial charge is 0.489 e. The van der Waals surface area contributed by atoms with Crippen LogP contribution in [0.15, 0.2) is 109 Å². The molecule has 0 aliphatic rings. The molecule has 1 N–H and O–H groups in total. The van der Waals surface area contributed by atoms with Crippen molar-refractivity contribution in [1.82, 2.24) is 4.98 Å². The van der Waals surface area contributed by atoms with Crippen molar-refractivity contribution in [2.75, 3.05) is 18.5 Å². The molecule has 0 bridgehead atoms. The zero-order chi connectivity index (χ0) is 30.9. The van der Waals surface area contributed by atoms with E-state index in [1.54, 1.807) is 36.4 Å². The van der Waals surface area contributed by atoms with Gasteiger partial charge in [0.1, 0.15) is 12.4 Å². The molecule has 1 heterocycles. The highest BCUT2D eigenvalue weighted by Crippen LogP contribution is 2.27. The summed E-state index contributed by atoms with van der Waals surface area (Å²) in [4.78, 5) is 42.6. The molecule has 4 aromatic carbocycles. The summed E-state index contributed by atoms with van der Waals surface area (Å²) in [5.74, 6) is -0.648. The minimum atomic E-state index is -0.647. The Hall–Kier alpha value is -5.50. The fourth-order valence-electron chi connectivity index (χ4n) is 4.38. The number of amides is 1. The Balaban J connectivity index is 1.23. The van der Waals surface area contributed by atoms with Gasteiger partial charge in [0, 0.05) is 16.6 Å². The molecule has 1 aromatic heterocycles. The topological polar surface area (TPSA) is 104 Å². The lowest BCUT2D eigenvalue weighted by molar-refractivity contribution is -0.119. The van der Waals surface area contributed by atoms with Crippen molar-refractivity contribution in [1.29, 1.82) is 0 Å². The van der Waals surface area contributed by atoms with Crippen molar-refractivity contribution in [3.05, 3.63) is 126 Å². The lowest BCUT2D eigenvalue weighted by atomic mass is 10.0. The van der Waals surface area contributed by atoms with Crippen LogP contribution in [0.3, 0.4) is 0 Å². The summed E-state index contributed by atoms with van der Waals surface area (Å²) in [7, 11) is 0. The van der Waals surface area contributed by atoms with Crippen molar-refractivity contribution >= 4 is 34.4 Å². The van der Waals surface area contributed by atoms with Crippen LogP contribution in [0.1, 0.15) is 40.1 Å². The number of para-hydroxylation sites is 1. The van der Waals surface area contributed by atoms with Gasteiger partial charge in [0.25, 0.3) is 5.91 Å². The monoisotopic (exact) mass is 588 g/mol. The van der Waals surface area contributed by atoms with E-state index in [1.807, 2.05) is 86.6 Å². The molecule has 8 nitrogen and oxygen atoms in total. The Bertz CT molecular complexity index is 1750. The predicted octanol–water partition coefficient (Wildman–Crippen LogP) is 7.09. The molecule has 0 spiro atoms. The summed E-state index contributed by atoms with van der Waals surface area (Å²) in [6.07, 6.45) is 0. The SMILES string of the molecule is CC(C)COC(=O)c1ccc(NC(=O)COC(=O)c2cc(-c3ccc(OCc4ccccc4)cc3)nc3ccccc23)cc1. The second-order valence-corrected chi connectivity index (χ2v) is 10.6. The molecule has 1 amide bonds. The fourth-order valence-corrected chi connectivity index (χ4v) is 4.38. The summed E-state index contributed by atoms with van der Waals surface area (Å²) in [5.41, 5.74) is 4.21. The highest BCUT2D eigenvalue weighted by Gasteiger charge is 2.17. The second kappa shape index (κ2) is 14.1. The van der Waals surface area contributed by atoms with Crippen molar-refractivity contribution in [2.24, 2.45) is 5.92 Å². The van der Waals surface area contributed by atoms with E-state index in [0.717, 1.165) is 11.1 Å². The molecule has 0 aliphatic heterocycles. The lowest BCUT2D eigenvalue weighted by Crippen LogP contribution is -2.21. The van der Waals surface area contributed by atoms with Gasteiger partial charge in [-0.15, -0.1) is 0 Å². The van der Waals surface area contributed by atoms with Gasteiger partial charge in [-0.05, 0) is 72.1 Å². The molecule has 0 atom stereocenters. The van der Waals surface area contributed by atoms with Crippen LogP contribution in [0.4, 0.5) is 5.69 Å². The average Bonchev–Trinajstić information content (AvgIpc) is 3.05. The molecule has 5 rings (SSSR count). The molecule has 0 radical (unpaired) electrons. The van der Waals surface area contributed by atoms with Crippen LogP contribution in [-0.2, 0) is 20.9 Å². The van der Waals surface area contributed by atoms with E-state index in [4.69, 9.17) is 19.2 Å². The van der Waals surface area contributed by atoms with E-state index >= 15 is 0 Å².